The number of nitrogen functional groups attached to an aromatic ring is 1. The number of hydrogen-bond acceptors (Lipinski definition) is 8. The molecular formula is C32H26N8O2S. The first-order valence-corrected chi connectivity index (χ1v) is 14.3. The number of nitrogens with zero attached hydrogens (tertiary/aromatic N) is 6. The largest absolute Gasteiger partial charge is 0.382 e. The van der Waals surface area contributed by atoms with Gasteiger partial charge in [-0.25, -0.2) is 15.0 Å². The summed E-state index contributed by atoms with van der Waals surface area (Å²) in [5, 5.41) is 10.2. The molecule has 1 atom stereocenters. The maximum Gasteiger partial charge on any atom is 0.274 e. The van der Waals surface area contributed by atoms with Crippen LogP contribution in [0.15, 0.2) is 82.7 Å². The van der Waals surface area contributed by atoms with E-state index >= 15 is 0 Å². The first-order chi connectivity index (χ1) is 20.8. The molecule has 212 valence electrons. The molecule has 0 radical (unpaired) electrons. The fourth-order valence-corrected chi connectivity index (χ4v) is 5.32. The topological polar surface area (TPSA) is 134 Å². The van der Waals surface area contributed by atoms with Gasteiger partial charge in [-0.05, 0) is 43.5 Å². The molecule has 43 heavy (non-hydrogen) atoms. The van der Waals surface area contributed by atoms with Gasteiger partial charge in [0.2, 0.25) is 0 Å². The van der Waals surface area contributed by atoms with Crippen molar-refractivity contribution >= 4 is 33.8 Å². The first kappa shape index (κ1) is 27.6. The second kappa shape index (κ2) is 11.3. The van der Waals surface area contributed by atoms with Gasteiger partial charge in [0.15, 0.2) is 11.5 Å². The molecule has 0 unspecified atom stereocenters. The summed E-state index contributed by atoms with van der Waals surface area (Å²) in [4.78, 5) is 40.5. The lowest BCUT2D eigenvalue weighted by Crippen LogP contribution is -2.33. The number of aryl methyl sites for hydroxylation is 1. The van der Waals surface area contributed by atoms with Crippen LogP contribution in [-0.4, -0.2) is 35.2 Å². The van der Waals surface area contributed by atoms with E-state index in [1.54, 1.807) is 27.9 Å². The summed E-state index contributed by atoms with van der Waals surface area (Å²) in [6.07, 6.45) is 3.19. The van der Waals surface area contributed by atoms with Crippen LogP contribution in [0.25, 0.3) is 27.8 Å². The van der Waals surface area contributed by atoms with Crippen molar-refractivity contribution in [1.82, 2.24) is 34.6 Å². The highest BCUT2D eigenvalue weighted by atomic mass is 32.1. The molecule has 2 aromatic carbocycles. The Morgan fingerprint density at radius 3 is 2.53 bits per heavy atom. The van der Waals surface area contributed by atoms with Crippen LogP contribution in [0.3, 0.4) is 0 Å². The Kier molecular flexibility index (Phi) is 7.27. The monoisotopic (exact) mass is 586 g/mol. The summed E-state index contributed by atoms with van der Waals surface area (Å²) in [7, 11) is 1.86. The lowest BCUT2D eigenvalue weighted by atomic mass is 10.0. The third-order valence-electron chi connectivity index (χ3n) is 7.16. The van der Waals surface area contributed by atoms with Crippen LogP contribution in [0.1, 0.15) is 46.0 Å². The van der Waals surface area contributed by atoms with Crippen LogP contribution in [0, 0.1) is 18.8 Å². The van der Waals surface area contributed by atoms with Crippen molar-refractivity contribution in [3.8, 4) is 28.9 Å². The Balaban J connectivity index is 1.44. The van der Waals surface area contributed by atoms with E-state index in [2.05, 4.69) is 37.2 Å². The molecular weight excluding hydrogens is 560 g/mol. The molecule has 0 spiro atoms. The van der Waals surface area contributed by atoms with Crippen molar-refractivity contribution in [3.63, 3.8) is 0 Å². The van der Waals surface area contributed by atoms with Crippen LogP contribution >= 0.6 is 11.3 Å². The van der Waals surface area contributed by atoms with Crippen molar-refractivity contribution in [2.75, 3.05) is 5.73 Å². The molecule has 11 heteroatoms. The highest BCUT2D eigenvalue weighted by molar-refractivity contribution is 7.07. The number of aromatic nitrogens is 6. The summed E-state index contributed by atoms with van der Waals surface area (Å²) in [5.74, 6) is 5.82. The number of carbonyl (C=O) groups excluding carboxylic acids is 1. The third kappa shape index (κ3) is 5.27. The predicted molar refractivity (Wildman–Crippen MR) is 167 cm³/mol. The quantitative estimate of drug-likeness (QED) is 0.286. The summed E-state index contributed by atoms with van der Waals surface area (Å²) in [6.45, 7) is 3.75. The Bertz CT molecular complexity index is 2110. The van der Waals surface area contributed by atoms with E-state index in [0.717, 1.165) is 11.3 Å². The van der Waals surface area contributed by atoms with Gasteiger partial charge in [0.25, 0.3) is 11.5 Å². The van der Waals surface area contributed by atoms with Crippen molar-refractivity contribution < 1.29 is 4.79 Å². The number of nitrogens with one attached hydrogen (secondary N) is 1. The number of carbonyl (C=O) groups is 1. The summed E-state index contributed by atoms with van der Waals surface area (Å²) in [6, 6.07) is 16.1. The molecule has 0 aliphatic carbocycles. The predicted octanol–water partition coefficient (Wildman–Crippen LogP) is 4.42. The van der Waals surface area contributed by atoms with Crippen molar-refractivity contribution in [1.29, 1.82) is 0 Å². The van der Waals surface area contributed by atoms with Gasteiger partial charge in [-0.2, -0.15) is 5.10 Å². The number of para-hydroxylation sites is 1. The molecule has 6 rings (SSSR count). The molecule has 1 amide bonds. The maximum atomic E-state index is 14.3. The fourth-order valence-electron chi connectivity index (χ4n) is 4.77. The minimum Gasteiger partial charge on any atom is -0.382 e. The van der Waals surface area contributed by atoms with Crippen molar-refractivity contribution in [2.24, 2.45) is 7.05 Å². The maximum absolute atomic E-state index is 14.3. The van der Waals surface area contributed by atoms with E-state index < -0.39 is 11.9 Å². The number of amides is 1. The third-order valence-corrected chi connectivity index (χ3v) is 7.75. The number of hydrogen-bond donors (Lipinski definition) is 2. The van der Waals surface area contributed by atoms with Gasteiger partial charge in [-0.1, -0.05) is 42.2 Å². The zero-order chi connectivity index (χ0) is 30.1. The molecule has 0 aliphatic rings. The molecule has 3 N–H and O–H groups in total. The normalized spacial score (nSPS) is 11.6. The average molecular weight is 587 g/mol. The second-order valence-corrected chi connectivity index (χ2v) is 10.6. The minimum atomic E-state index is -0.610. The zero-order valence-electron chi connectivity index (χ0n) is 23.6. The Labute approximate surface area is 250 Å². The number of thiazole rings is 1. The lowest BCUT2D eigenvalue weighted by molar-refractivity contribution is 0.0934. The molecule has 4 aromatic heterocycles. The smallest absolute Gasteiger partial charge is 0.274 e. The van der Waals surface area contributed by atoms with Crippen LogP contribution in [0.4, 0.5) is 5.82 Å². The van der Waals surface area contributed by atoms with Crippen molar-refractivity contribution in [3.05, 3.63) is 116 Å². The number of benzene rings is 2. The van der Waals surface area contributed by atoms with E-state index in [1.165, 1.54) is 17.5 Å². The van der Waals surface area contributed by atoms with Crippen LogP contribution in [0.5, 0.6) is 0 Å². The molecule has 0 fully saturated rings. The first-order valence-electron chi connectivity index (χ1n) is 13.4. The zero-order valence-corrected chi connectivity index (χ0v) is 24.4. The number of pyridine rings is 1. The number of nitrogens with two attached hydrogens (primary N) is 1. The van der Waals surface area contributed by atoms with Gasteiger partial charge < -0.3 is 11.1 Å². The number of fused-ring (bicyclic) bond motifs is 1. The van der Waals surface area contributed by atoms with Gasteiger partial charge in [-0.15, -0.1) is 11.3 Å². The molecule has 0 saturated heterocycles. The Morgan fingerprint density at radius 1 is 1.02 bits per heavy atom. The van der Waals surface area contributed by atoms with Gasteiger partial charge in [-0.3, -0.25) is 18.8 Å². The Hall–Kier alpha value is -5.60. The van der Waals surface area contributed by atoms with E-state index in [1.807, 2.05) is 73.9 Å². The molecule has 0 saturated carbocycles. The summed E-state index contributed by atoms with van der Waals surface area (Å²) >= 11 is 1.41. The van der Waals surface area contributed by atoms with Crippen molar-refractivity contribution in [2.45, 2.75) is 19.9 Å². The highest BCUT2D eigenvalue weighted by Crippen LogP contribution is 2.24. The van der Waals surface area contributed by atoms with Gasteiger partial charge in [0.05, 0.1) is 40.6 Å². The molecule has 10 nitrogen and oxygen atoms in total. The fraction of sp³-hybridized carbons (Fsp3) is 0.125. The highest BCUT2D eigenvalue weighted by Gasteiger charge is 2.22. The SMILES string of the molecule is Cc1c(C#Cc2cccc3cc([C@@H](C)NC(=O)c4nc(-c5cscn5)cnc4N)n(-c4ccccc4)c(=O)c23)cnn1C. The van der Waals surface area contributed by atoms with E-state index in [4.69, 9.17) is 5.73 Å². The molecule has 6 aromatic rings. The van der Waals surface area contributed by atoms with Crippen LogP contribution < -0.4 is 16.6 Å². The van der Waals surface area contributed by atoms with Crippen LogP contribution in [-0.2, 0) is 7.05 Å². The lowest BCUT2D eigenvalue weighted by Gasteiger charge is -2.21. The number of anilines is 1. The summed E-state index contributed by atoms with van der Waals surface area (Å²) in [5.41, 5.74) is 12.0. The second-order valence-electron chi connectivity index (χ2n) is 9.89. The van der Waals surface area contributed by atoms with E-state index in [0.29, 0.717) is 39.1 Å². The standard InChI is InChI=1S/C32H26N8O2S/c1-19(37-31(41)29-30(33)34-16-25(38-29)26-17-43-18-35-26)27-14-22-9-7-8-21(12-13-23-15-36-39(3)20(23)2)28(22)32(42)40(27)24-10-5-4-6-11-24/h4-11,14-19H,1-3H3,(H2,33,34)(H,37,41)/t19-/m1/s1. The van der Waals surface area contributed by atoms with E-state index in [-0.39, 0.29) is 17.1 Å². The van der Waals surface area contributed by atoms with Gasteiger partial charge in [0, 0.05) is 29.4 Å². The Morgan fingerprint density at radius 2 is 1.81 bits per heavy atom. The molecule has 0 bridgehead atoms. The number of rotatable bonds is 5. The van der Waals surface area contributed by atoms with E-state index in [9.17, 15) is 9.59 Å². The van der Waals surface area contributed by atoms with Crippen LogP contribution in [0.2, 0.25) is 0 Å². The molecule has 0 aliphatic heterocycles. The van der Waals surface area contributed by atoms with Gasteiger partial charge >= 0.3 is 0 Å². The average Bonchev–Trinajstić information content (AvgIpc) is 3.66. The molecule has 4 heterocycles. The van der Waals surface area contributed by atoms with Gasteiger partial charge in [0.1, 0.15) is 11.4 Å². The summed E-state index contributed by atoms with van der Waals surface area (Å²) < 4.78 is 3.36. The minimum absolute atomic E-state index is 0.00490.